The number of nitriles is 1. The molecule has 0 radical (unpaired) electrons. The first kappa shape index (κ1) is 17.3. The van der Waals surface area contributed by atoms with E-state index >= 15 is 0 Å². The Morgan fingerprint density at radius 3 is 1.96 bits per heavy atom. The smallest absolute Gasteiger partial charge is 0.228 e. The molecule has 1 aliphatic carbocycles. The Bertz CT molecular complexity index is 855. The summed E-state index contributed by atoms with van der Waals surface area (Å²) in [5.41, 5.74) is 1.61. The molecule has 0 saturated heterocycles. The third-order valence-electron chi connectivity index (χ3n) is 3.88. The minimum absolute atomic E-state index is 0.214. The predicted molar refractivity (Wildman–Crippen MR) is 96.5 cm³/mol. The lowest BCUT2D eigenvalue weighted by atomic mass is 10.2. The first-order chi connectivity index (χ1) is 12.0. The van der Waals surface area contributed by atoms with Crippen LogP contribution in [0.3, 0.4) is 0 Å². The van der Waals surface area contributed by atoms with Gasteiger partial charge in [-0.15, -0.1) is 0 Å². The van der Waals surface area contributed by atoms with Crippen LogP contribution in [0.1, 0.15) is 12.0 Å². The van der Waals surface area contributed by atoms with E-state index < -0.39 is 0 Å². The van der Waals surface area contributed by atoms with E-state index in [9.17, 15) is 9.59 Å². The van der Waals surface area contributed by atoms with Gasteiger partial charge in [-0.3, -0.25) is 9.59 Å². The summed E-state index contributed by atoms with van der Waals surface area (Å²) in [6.07, 6.45) is 0.488. The van der Waals surface area contributed by atoms with Gasteiger partial charge in [0.15, 0.2) is 0 Å². The third-order valence-corrected chi connectivity index (χ3v) is 4.31. The van der Waals surface area contributed by atoms with Gasteiger partial charge in [0, 0.05) is 21.4 Å². The first-order valence-corrected chi connectivity index (χ1v) is 8.30. The van der Waals surface area contributed by atoms with E-state index in [1.165, 1.54) is 0 Å². The van der Waals surface area contributed by atoms with Crippen LogP contribution in [0.5, 0.6) is 0 Å². The number of anilines is 2. The van der Waals surface area contributed by atoms with Crippen molar-refractivity contribution in [1.82, 2.24) is 0 Å². The average molecular weight is 374 g/mol. The molecule has 2 aromatic rings. The van der Waals surface area contributed by atoms with Gasteiger partial charge in [-0.2, -0.15) is 5.26 Å². The fourth-order valence-corrected chi connectivity index (χ4v) is 3.02. The van der Waals surface area contributed by atoms with Crippen LogP contribution < -0.4 is 10.6 Å². The van der Waals surface area contributed by atoms with Crippen LogP contribution in [0.4, 0.5) is 11.4 Å². The second-order valence-corrected chi connectivity index (χ2v) is 6.65. The second kappa shape index (κ2) is 7.14. The molecule has 0 heterocycles. The topological polar surface area (TPSA) is 82.0 Å². The monoisotopic (exact) mass is 373 g/mol. The molecule has 1 fully saturated rings. The SMILES string of the molecule is N#Cc1ccc(NC(=O)C2CC2C(=O)Nc2cc(Cl)cc(Cl)c2)cc1. The summed E-state index contributed by atoms with van der Waals surface area (Å²) in [6.45, 7) is 0. The van der Waals surface area contributed by atoms with Gasteiger partial charge < -0.3 is 10.6 Å². The van der Waals surface area contributed by atoms with E-state index in [0.29, 0.717) is 33.4 Å². The normalized spacial score (nSPS) is 18.1. The molecule has 3 rings (SSSR count). The van der Waals surface area contributed by atoms with E-state index in [-0.39, 0.29) is 23.7 Å². The molecule has 2 N–H and O–H groups in total. The number of carbonyl (C=O) groups excluding carboxylic acids is 2. The van der Waals surface area contributed by atoms with Crippen molar-refractivity contribution in [3.63, 3.8) is 0 Å². The minimum Gasteiger partial charge on any atom is -0.326 e. The maximum Gasteiger partial charge on any atom is 0.228 e. The van der Waals surface area contributed by atoms with E-state index in [0.717, 1.165) is 0 Å². The van der Waals surface area contributed by atoms with Crippen molar-refractivity contribution in [2.45, 2.75) is 6.42 Å². The van der Waals surface area contributed by atoms with Crippen molar-refractivity contribution in [3.8, 4) is 6.07 Å². The molecule has 0 bridgehead atoms. The molecular weight excluding hydrogens is 361 g/mol. The molecule has 0 aliphatic heterocycles. The zero-order chi connectivity index (χ0) is 18.0. The summed E-state index contributed by atoms with van der Waals surface area (Å²) in [5.74, 6) is -1.20. The lowest BCUT2D eigenvalue weighted by Crippen LogP contribution is -2.20. The molecule has 2 atom stereocenters. The Morgan fingerprint density at radius 2 is 1.44 bits per heavy atom. The van der Waals surface area contributed by atoms with E-state index in [1.807, 2.05) is 6.07 Å². The summed E-state index contributed by atoms with van der Waals surface area (Å²) >= 11 is 11.8. The maximum atomic E-state index is 12.2. The highest BCUT2D eigenvalue weighted by molar-refractivity contribution is 6.35. The molecular formula is C18H13Cl2N3O2. The van der Waals surface area contributed by atoms with Crippen LogP contribution in [0, 0.1) is 23.2 Å². The van der Waals surface area contributed by atoms with Gasteiger partial charge in [-0.25, -0.2) is 0 Å². The summed E-state index contributed by atoms with van der Waals surface area (Å²) in [5, 5.41) is 15.1. The number of benzene rings is 2. The van der Waals surface area contributed by atoms with Crippen LogP contribution in [-0.4, -0.2) is 11.8 Å². The van der Waals surface area contributed by atoms with Crippen LogP contribution in [0.15, 0.2) is 42.5 Å². The molecule has 1 saturated carbocycles. The molecule has 25 heavy (non-hydrogen) atoms. The quantitative estimate of drug-likeness (QED) is 0.846. The largest absolute Gasteiger partial charge is 0.326 e. The van der Waals surface area contributed by atoms with Crippen LogP contribution in [-0.2, 0) is 9.59 Å². The van der Waals surface area contributed by atoms with Crippen LogP contribution >= 0.6 is 23.2 Å². The fraction of sp³-hybridized carbons (Fsp3) is 0.167. The number of nitrogens with one attached hydrogen (secondary N) is 2. The van der Waals surface area contributed by atoms with Gasteiger partial charge in [-0.05, 0) is 48.9 Å². The fourth-order valence-electron chi connectivity index (χ4n) is 2.50. The minimum atomic E-state index is -0.379. The Labute approximate surface area is 154 Å². The lowest BCUT2D eigenvalue weighted by molar-refractivity contribution is -0.122. The Hall–Kier alpha value is -2.55. The molecule has 2 aromatic carbocycles. The Balaban J connectivity index is 1.56. The number of rotatable bonds is 4. The van der Waals surface area contributed by atoms with Crippen molar-refractivity contribution < 1.29 is 9.59 Å². The van der Waals surface area contributed by atoms with E-state index in [2.05, 4.69) is 10.6 Å². The highest BCUT2D eigenvalue weighted by Crippen LogP contribution is 2.40. The van der Waals surface area contributed by atoms with Gasteiger partial charge >= 0.3 is 0 Å². The van der Waals surface area contributed by atoms with Crippen molar-refractivity contribution in [2.24, 2.45) is 11.8 Å². The van der Waals surface area contributed by atoms with Gasteiger partial charge in [0.05, 0.1) is 23.5 Å². The third kappa shape index (κ3) is 4.30. The van der Waals surface area contributed by atoms with E-state index in [1.54, 1.807) is 42.5 Å². The summed E-state index contributed by atoms with van der Waals surface area (Å²) < 4.78 is 0. The lowest BCUT2D eigenvalue weighted by Gasteiger charge is -2.07. The van der Waals surface area contributed by atoms with Crippen LogP contribution in [0.2, 0.25) is 10.0 Å². The molecule has 0 aromatic heterocycles. The second-order valence-electron chi connectivity index (χ2n) is 5.77. The number of carbonyl (C=O) groups is 2. The molecule has 0 spiro atoms. The number of amides is 2. The molecule has 126 valence electrons. The molecule has 2 unspecified atom stereocenters. The van der Waals surface area contributed by atoms with Gasteiger partial charge in [0.25, 0.3) is 0 Å². The highest BCUT2D eigenvalue weighted by Gasteiger charge is 2.48. The molecule has 7 heteroatoms. The summed E-state index contributed by atoms with van der Waals surface area (Å²) in [7, 11) is 0. The molecule has 1 aliphatic rings. The van der Waals surface area contributed by atoms with Crippen molar-refractivity contribution in [3.05, 3.63) is 58.1 Å². The zero-order valence-corrected chi connectivity index (χ0v) is 14.4. The first-order valence-electron chi connectivity index (χ1n) is 7.54. The van der Waals surface area contributed by atoms with Gasteiger partial charge in [-0.1, -0.05) is 23.2 Å². The molecule has 5 nitrogen and oxygen atoms in total. The zero-order valence-electron chi connectivity index (χ0n) is 12.9. The van der Waals surface area contributed by atoms with Crippen molar-refractivity contribution >= 4 is 46.4 Å². The number of nitrogens with zero attached hydrogens (tertiary/aromatic N) is 1. The summed E-state index contributed by atoms with van der Waals surface area (Å²) in [6, 6.07) is 13.3. The van der Waals surface area contributed by atoms with Crippen molar-refractivity contribution in [1.29, 1.82) is 5.26 Å². The number of halogens is 2. The predicted octanol–water partition coefficient (Wildman–Crippen LogP) is 4.08. The standard InChI is InChI=1S/C18H13Cl2N3O2/c19-11-5-12(20)7-14(6-11)23-18(25)16-8-15(16)17(24)22-13-3-1-10(9-21)2-4-13/h1-7,15-16H,8H2,(H,22,24)(H,23,25). The Morgan fingerprint density at radius 1 is 0.920 bits per heavy atom. The maximum absolute atomic E-state index is 12.2. The number of hydrogen-bond acceptors (Lipinski definition) is 3. The van der Waals surface area contributed by atoms with Gasteiger partial charge in [0.1, 0.15) is 0 Å². The number of hydrogen-bond donors (Lipinski definition) is 2. The van der Waals surface area contributed by atoms with Crippen molar-refractivity contribution in [2.75, 3.05) is 10.6 Å². The molecule has 2 amide bonds. The summed E-state index contributed by atoms with van der Waals surface area (Å²) in [4.78, 5) is 24.4. The van der Waals surface area contributed by atoms with Crippen LogP contribution in [0.25, 0.3) is 0 Å². The highest BCUT2D eigenvalue weighted by atomic mass is 35.5. The van der Waals surface area contributed by atoms with E-state index in [4.69, 9.17) is 28.5 Å². The Kier molecular flexibility index (Phi) is 4.93. The van der Waals surface area contributed by atoms with Gasteiger partial charge in [0.2, 0.25) is 11.8 Å². The average Bonchev–Trinajstić information content (AvgIpc) is 3.35.